The van der Waals surface area contributed by atoms with Crippen LogP contribution in [0.5, 0.6) is 11.5 Å². The summed E-state index contributed by atoms with van der Waals surface area (Å²) in [5, 5.41) is 20.8. The Labute approximate surface area is 187 Å². The lowest BCUT2D eigenvalue weighted by Crippen LogP contribution is -2.32. The number of carbonyl (C=O) groups is 2. The molecule has 7 heteroatoms. The largest absolute Gasteiger partial charge is 0.508 e. The molecule has 1 fully saturated rings. The SMILES string of the molecule is COCCN1C(=O)C(=O)/C(=C(/O)c2ccc(OCC(C)C)c(C)c2)[C@H]1c1ccc(O)cc1. The number of amides is 1. The highest BCUT2D eigenvalue weighted by atomic mass is 16.5. The van der Waals surface area contributed by atoms with Crippen LogP contribution in [0, 0.1) is 12.8 Å². The predicted molar refractivity (Wildman–Crippen MR) is 121 cm³/mol. The first-order valence-electron chi connectivity index (χ1n) is 10.5. The van der Waals surface area contributed by atoms with Gasteiger partial charge in [0.1, 0.15) is 17.3 Å². The Bertz CT molecular complexity index is 1030. The molecule has 1 aliphatic rings. The number of hydrogen-bond acceptors (Lipinski definition) is 6. The summed E-state index contributed by atoms with van der Waals surface area (Å²) in [4.78, 5) is 27.1. The van der Waals surface area contributed by atoms with Gasteiger partial charge in [-0.3, -0.25) is 9.59 Å². The molecule has 1 atom stereocenters. The molecule has 0 radical (unpaired) electrons. The molecule has 0 saturated carbocycles. The van der Waals surface area contributed by atoms with E-state index in [2.05, 4.69) is 13.8 Å². The Hall–Kier alpha value is -3.32. The fraction of sp³-hybridized carbons (Fsp3) is 0.360. The molecule has 1 heterocycles. The molecule has 1 saturated heterocycles. The van der Waals surface area contributed by atoms with Crippen LogP contribution >= 0.6 is 0 Å². The van der Waals surface area contributed by atoms with E-state index in [1.807, 2.05) is 6.92 Å². The van der Waals surface area contributed by atoms with E-state index >= 15 is 0 Å². The van der Waals surface area contributed by atoms with Crippen LogP contribution in [0.4, 0.5) is 0 Å². The van der Waals surface area contributed by atoms with Gasteiger partial charge in [0, 0.05) is 19.2 Å². The number of carbonyl (C=O) groups excluding carboxylic acids is 2. The number of aliphatic hydroxyl groups is 1. The van der Waals surface area contributed by atoms with Gasteiger partial charge in [-0.2, -0.15) is 0 Å². The Kier molecular flexibility index (Phi) is 7.20. The van der Waals surface area contributed by atoms with Crippen LogP contribution < -0.4 is 4.74 Å². The molecule has 0 aromatic heterocycles. The van der Waals surface area contributed by atoms with Crippen molar-refractivity contribution in [1.29, 1.82) is 0 Å². The van der Waals surface area contributed by atoms with Crippen molar-refractivity contribution in [2.45, 2.75) is 26.8 Å². The molecule has 1 amide bonds. The second kappa shape index (κ2) is 9.87. The minimum absolute atomic E-state index is 0.00652. The molecule has 2 aromatic carbocycles. The Morgan fingerprint density at radius 2 is 1.81 bits per heavy atom. The van der Waals surface area contributed by atoms with Crippen molar-refractivity contribution >= 4 is 17.4 Å². The third-order valence-corrected chi connectivity index (χ3v) is 5.31. The fourth-order valence-electron chi connectivity index (χ4n) is 3.67. The number of Topliss-reactive ketones (excluding diaryl/α,β-unsaturated/α-hetero) is 1. The van der Waals surface area contributed by atoms with E-state index in [4.69, 9.17) is 9.47 Å². The molecule has 3 rings (SSSR count). The fourth-order valence-corrected chi connectivity index (χ4v) is 3.67. The van der Waals surface area contributed by atoms with Crippen molar-refractivity contribution in [2.75, 3.05) is 26.9 Å². The number of ketones is 1. The number of nitrogens with zero attached hydrogens (tertiary/aromatic N) is 1. The number of likely N-dealkylation sites (tertiary alicyclic amines) is 1. The zero-order valence-corrected chi connectivity index (χ0v) is 18.8. The summed E-state index contributed by atoms with van der Waals surface area (Å²) in [7, 11) is 1.51. The van der Waals surface area contributed by atoms with Gasteiger partial charge >= 0.3 is 0 Å². The summed E-state index contributed by atoms with van der Waals surface area (Å²) in [6.07, 6.45) is 0. The van der Waals surface area contributed by atoms with E-state index in [1.165, 1.54) is 24.1 Å². The maximum Gasteiger partial charge on any atom is 0.295 e. The van der Waals surface area contributed by atoms with Gasteiger partial charge in [-0.05, 0) is 54.3 Å². The van der Waals surface area contributed by atoms with Crippen molar-refractivity contribution in [1.82, 2.24) is 4.90 Å². The summed E-state index contributed by atoms with van der Waals surface area (Å²) in [5.74, 6) is -0.568. The highest BCUT2D eigenvalue weighted by Gasteiger charge is 2.45. The summed E-state index contributed by atoms with van der Waals surface area (Å²) < 4.78 is 10.9. The zero-order chi connectivity index (χ0) is 23.4. The number of aliphatic hydroxyl groups excluding tert-OH is 1. The predicted octanol–water partition coefficient (Wildman–Crippen LogP) is 3.80. The van der Waals surface area contributed by atoms with Crippen LogP contribution in [0.15, 0.2) is 48.0 Å². The third kappa shape index (κ3) is 4.78. The number of hydrogen-bond donors (Lipinski definition) is 2. The molecule has 170 valence electrons. The lowest BCUT2D eigenvalue weighted by Gasteiger charge is -2.25. The van der Waals surface area contributed by atoms with Crippen LogP contribution in [0.25, 0.3) is 5.76 Å². The molecule has 2 N–H and O–H groups in total. The molecular weight excluding hydrogens is 410 g/mol. The quantitative estimate of drug-likeness (QED) is 0.369. The number of aryl methyl sites for hydroxylation is 1. The molecule has 32 heavy (non-hydrogen) atoms. The molecule has 0 aliphatic carbocycles. The number of benzene rings is 2. The van der Waals surface area contributed by atoms with Crippen LogP contribution in [-0.2, 0) is 14.3 Å². The number of ether oxygens (including phenoxy) is 2. The van der Waals surface area contributed by atoms with Gasteiger partial charge in [0.15, 0.2) is 0 Å². The van der Waals surface area contributed by atoms with E-state index in [1.54, 1.807) is 30.3 Å². The van der Waals surface area contributed by atoms with E-state index < -0.39 is 17.7 Å². The first-order chi connectivity index (χ1) is 15.2. The molecule has 0 unspecified atom stereocenters. The lowest BCUT2D eigenvalue weighted by atomic mass is 9.94. The number of rotatable bonds is 8. The number of phenols is 1. The molecule has 0 spiro atoms. The number of methoxy groups -OCH3 is 1. The highest BCUT2D eigenvalue weighted by Crippen LogP contribution is 2.40. The lowest BCUT2D eigenvalue weighted by molar-refractivity contribution is -0.140. The van der Waals surface area contributed by atoms with E-state index in [0.717, 1.165) is 5.56 Å². The van der Waals surface area contributed by atoms with Gasteiger partial charge in [-0.1, -0.05) is 26.0 Å². The van der Waals surface area contributed by atoms with Crippen molar-refractivity contribution in [3.05, 3.63) is 64.7 Å². The molecular formula is C25H29NO6. The zero-order valence-electron chi connectivity index (χ0n) is 18.8. The minimum Gasteiger partial charge on any atom is -0.508 e. The van der Waals surface area contributed by atoms with Gasteiger partial charge in [-0.15, -0.1) is 0 Å². The topological polar surface area (TPSA) is 96.3 Å². The summed E-state index contributed by atoms with van der Waals surface area (Å²) in [6.45, 7) is 6.97. The molecule has 0 bridgehead atoms. The van der Waals surface area contributed by atoms with E-state index in [-0.39, 0.29) is 30.2 Å². The Balaban J connectivity index is 2.06. The van der Waals surface area contributed by atoms with Crippen molar-refractivity contribution in [3.8, 4) is 11.5 Å². The van der Waals surface area contributed by atoms with Crippen LogP contribution in [0.3, 0.4) is 0 Å². The van der Waals surface area contributed by atoms with Crippen molar-refractivity contribution < 1.29 is 29.3 Å². The number of aromatic hydroxyl groups is 1. The molecule has 2 aromatic rings. The smallest absolute Gasteiger partial charge is 0.295 e. The van der Waals surface area contributed by atoms with Crippen LogP contribution in [-0.4, -0.2) is 53.7 Å². The van der Waals surface area contributed by atoms with Gasteiger partial charge in [0.2, 0.25) is 0 Å². The van der Waals surface area contributed by atoms with Gasteiger partial charge in [0.05, 0.1) is 24.8 Å². The number of phenolic OH excluding ortho intramolecular Hbond substituents is 1. The third-order valence-electron chi connectivity index (χ3n) is 5.31. The normalized spacial score (nSPS) is 17.9. The average Bonchev–Trinajstić information content (AvgIpc) is 3.01. The van der Waals surface area contributed by atoms with Crippen LogP contribution in [0.2, 0.25) is 0 Å². The Morgan fingerprint density at radius 3 is 2.41 bits per heavy atom. The van der Waals surface area contributed by atoms with E-state index in [0.29, 0.717) is 29.4 Å². The van der Waals surface area contributed by atoms with Gasteiger partial charge in [-0.25, -0.2) is 0 Å². The Morgan fingerprint density at radius 1 is 1.12 bits per heavy atom. The van der Waals surface area contributed by atoms with Gasteiger partial charge in [0.25, 0.3) is 11.7 Å². The first kappa shape index (κ1) is 23.3. The van der Waals surface area contributed by atoms with Crippen LogP contribution in [0.1, 0.15) is 36.6 Å². The van der Waals surface area contributed by atoms with Crippen molar-refractivity contribution in [2.24, 2.45) is 5.92 Å². The standard InChI is InChI=1S/C25H29NO6/c1-15(2)14-32-20-10-7-18(13-16(20)3)23(28)21-22(17-5-8-19(27)9-6-17)26(11-12-31-4)25(30)24(21)29/h5-10,13,15,22,27-28H,11-12,14H2,1-4H3/b23-21+/t22-/m1/s1. The first-order valence-corrected chi connectivity index (χ1v) is 10.5. The van der Waals surface area contributed by atoms with E-state index in [9.17, 15) is 19.8 Å². The monoisotopic (exact) mass is 439 g/mol. The highest BCUT2D eigenvalue weighted by molar-refractivity contribution is 6.46. The minimum atomic E-state index is -0.789. The second-order valence-electron chi connectivity index (χ2n) is 8.26. The second-order valence-corrected chi connectivity index (χ2v) is 8.26. The average molecular weight is 440 g/mol. The summed E-state index contributed by atoms with van der Waals surface area (Å²) >= 11 is 0. The maximum atomic E-state index is 12.9. The summed E-state index contributed by atoms with van der Waals surface area (Å²) in [6, 6.07) is 10.6. The molecule has 7 nitrogen and oxygen atoms in total. The maximum absolute atomic E-state index is 12.9. The summed E-state index contributed by atoms with van der Waals surface area (Å²) in [5.41, 5.74) is 1.85. The van der Waals surface area contributed by atoms with Gasteiger partial charge < -0.3 is 24.6 Å². The van der Waals surface area contributed by atoms with Crippen molar-refractivity contribution in [3.63, 3.8) is 0 Å². The molecule has 1 aliphatic heterocycles.